The highest BCUT2D eigenvalue weighted by atomic mass is 32.1. The Morgan fingerprint density at radius 3 is 2.63 bits per heavy atom. The second-order valence-electron chi connectivity index (χ2n) is 8.95. The zero-order valence-electron chi connectivity index (χ0n) is 18.2. The molecule has 2 aliphatic rings. The molecule has 3 heterocycles. The Kier molecular flexibility index (Phi) is 6.74. The van der Waals surface area contributed by atoms with Crippen LogP contribution >= 0.6 is 11.3 Å². The van der Waals surface area contributed by atoms with Crippen molar-refractivity contribution in [1.29, 1.82) is 0 Å². The fourth-order valence-corrected chi connectivity index (χ4v) is 5.70. The molecule has 2 aliphatic heterocycles. The molecule has 4 rings (SSSR count). The quantitative estimate of drug-likeness (QED) is 0.756. The van der Waals surface area contributed by atoms with Gasteiger partial charge in [-0.15, -0.1) is 11.3 Å². The van der Waals surface area contributed by atoms with Crippen molar-refractivity contribution in [2.24, 2.45) is 0 Å². The van der Waals surface area contributed by atoms with Crippen LogP contribution in [0.3, 0.4) is 0 Å². The van der Waals surface area contributed by atoms with Gasteiger partial charge in [0.15, 0.2) is 0 Å². The summed E-state index contributed by atoms with van der Waals surface area (Å²) in [5.41, 5.74) is 1.15. The lowest BCUT2D eigenvalue weighted by molar-refractivity contribution is -0.136. The van der Waals surface area contributed by atoms with Gasteiger partial charge in [-0.05, 0) is 63.1 Å². The minimum absolute atomic E-state index is 0.0260. The summed E-state index contributed by atoms with van der Waals surface area (Å²) in [6.07, 6.45) is 6.60. The summed E-state index contributed by atoms with van der Waals surface area (Å²) >= 11 is 1.59. The maximum atomic E-state index is 13.0. The van der Waals surface area contributed by atoms with Gasteiger partial charge >= 0.3 is 0 Å². The number of amides is 2. The Bertz CT molecular complexity index is 903. The van der Waals surface area contributed by atoms with E-state index in [2.05, 4.69) is 28.4 Å². The van der Waals surface area contributed by atoms with Crippen LogP contribution in [-0.2, 0) is 11.2 Å². The number of nitrogens with zero attached hydrogens (tertiary/aromatic N) is 2. The molecule has 0 radical (unpaired) electrons. The number of carbonyl (C=O) groups excluding carboxylic acids is 2. The zero-order chi connectivity index (χ0) is 21.1. The summed E-state index contributed by atoms with van der Waals surface area (Å²) in [5, 5.41) is 4.27. The topological polar surface area (TPSA) is 52.7 Å². The van der Waals surface area contributed by atoms with E-state index in [0.29, 0.717) is 12.6 Å². The van der Waals surface area contributed by atoms with Gasteiger partial charge in [-0.1, -0.05) is 31.0 Å². The van der Waals surface area contributed by atoms with E-state index in [-0.39, 0.29) is 17.9 Å². The maximum Gasteiger partial charge on any atom is 0.261 e. The van der Waals surface area contributed by atoms with Crippen molar-refractivity contribution in [1.82, 2.24) is 15.1 Å². The first-order chi connectivity index (χ1) is 14.5. The van der Waals surface area contributed by atoms with Gasteiger partial charge in [0.2, 0.25) is 5.91 Å². The molecule has 2 aromatic rings. The summed E-state index contributed by atoms with van der Waals surface area (Å²) in [5.74, 6) is 0.291. The highest BCUT2D eigenvalue weighted by Gasteiger charge is 2.29. The molecule has 162 valence electrons. The van der Waals surface area contributed by atoms with Crippen LogP contribution in [0.5, 0.6) is 0 Å². The van der Waals surface area contributed by atoms with E-state index in [0.717, 1.165) is 55.8 Å². The molecule has 1 aromatic heterocycles. The van der Waals surface area contributed by atoms with Gasteiger partial charge in [-0.3, -0.25) is 14.5 Å². The molecule has 0 saturated carbocycles. The summed E-state index contributed by atoms with van der Waals surface area (Å²) in [6.45, 7) is 7.30. The lowest BCUT2D eigenvalue weighted by Gasteiger charge is -2.35. The second kappa shape index (κ2) is 9.48. The first-order valence-corrected chi connectivity index (χ1v) is 12.2. The zero-order valence-corrected chi connectivity index (χ0v) is 19.0. The molecule has 2 fully saturated rings. The van der Waals surface area contributed by atoms with Gasteiger partial charge in [0.25, 0.3) is 5.91 Å². The van der Waals surface area contributed by atoms with Crippen LogP contribution in [0.1, 0.15) is 61.2 Å². The van der Waals surface area contributed by atoms with E-state index >= 15 is 0 Å². The molecule has 1 N–H and O–H groups in total. The normalized spacial score (nSPS) is 20.2. The van der Waals surface area contributed by atoms with Gasteiger partial charge in [-0.25, -0.2) is 0 Å². The summed E-state index contributed by atoms with van der Waals surface area (Å²) in [7, 11) is 0. The van der Waals surface area contributed by atoms with Crippen molar-refractivity contribution >= 4 is 33.2 Å². The molecule has 30 heavy (non-hydrogen) atoms. The molecule has 0 spiro atoms. The predicted molar refractivity (Wildman–Crippen MR) is 123 cm³/mol. The standard InChI is InChI=1S/C24H33N3O2S/c1-17(2)25-24(29)23-20(19-10-5-6-11-21(19)30-23)15-18-9-4-3-7-12-27(18)16-22(28)26-13-8-14-26/h5-6,10-11,17-18H,3-4,7-9,12-16H2,1-2H3,(H,25,29)/t18-/m1/s1. The second-order valence-corrected chi connectivity index (χ2v) is 10.00. The van der Waals surface area contributed by atoms with Crippen molar-refractivity contribution < 1.29 is 9.59 Å². The Hall–Kier alpha value is -1.92. The van der Waals surface area contributed by atoms with Gasteiger partial charge < -0.3 is 10.2 Å². The molecule has 1 atom stereocenters. The molecule has 0 unspecified atom stereocenters. The van der Waals surface area contributed by atoms with Crippen molar-refractivity contribution in [3.8, 4) is 0 Å². The van der Waals surface area contributed by atoms with E-state index < -0.39 is 0 Å². The molecule has 0 bridgehead atoms. The number of benzene rings is 1. The largest absolute Gasteiger partial charge is 0.349 e. The molecule has 1 aromatic carbocycles. The average molecular weight is 428 g/mol. The van der Waals surface area contributed by atoms with Crippen molar-refractivity contribution in [2.45, 2.75) is 64.5 Å². The maximum absolute atomic E-state index is 13.0. The highest BCUT2D eigenvalue weighted by molar-refractivity contribution is 7.21. The number of hydrogen-bond donors (Lipinski definition) is 1. The van der Waals surface area contributed by atoms with Crippen molar-refractivity contribution in [3.05, 3.63) is 34.7 Å². The molecular formula is C24H33N3O2S. The van der Waals surface area contributed by atoms with Crippen LogP contribution in [0, 0.1) is 0 Å². The lowest BCUT2D eigenvalue weighted by atomic mass is 9.97. The van der Waals surface area contributed by atoms with Crippen LogP contribution in [0.15, 0.2) is 24.3 Å². The average Bonchev–Trinajstić information content (AvgIpc) is 2.88. The van der Waals surface area contributed by atoms with E-state index in [9.17, 15) is 9.59 Å². The SMILES string of the molecule is CC(C)NC(=O)c1sc2ccccc2c1C[C@H]1CCCCCN1CC(=O)N1CCC1. The summed E-state index contributed by atoms with van der Waals surface area (Å²) in [6, 6.07) is 8.76. The minimum atomic E-state index is 0.0260. The molecule has 0 aliphatic carbocycles. The molecular weight excluding hydrogens is 394 g/mol. The number of fused-ring (bicyclic) bond motifs is 1. The number of rotatable bonds is 6. The van der Waals surface area contributed by atoms with Crippen LogP contribution < -0.4 is 5.32 Å². The monoisotopic (exact) mass is 427 g/mol. The Balaban J connectivity index is 1.61. The van der Waals surface area contributed by atoms with E-state index in [4.69, 9.17) is 0 Å². The third-order valence-corrected chi connectivity index (χ3v) is 7.52. The number of nitrogens with one attached hydrogen (secondary N) is 1. The van der Waals surface area contributed by atoms with Crippen LogP contribution in [-0.4, -0.2) is 59.9 Å². The smallest absolute Gasteiger partial charge is 0.261 e. The van der Waals surface area contributed by atoms with Gasteiger partial charge in [0.1, 0.15) is 0 Å². The first-order valence-electron chi connectivity index (χ1n) is 11.4. The van der Waals surface area contributed by atoms with Crippen LogP contribution in [0.25, 0.3) is 10.1 Å². The molecule has 2 amide bonds. The molecule has 6 heteroatoms. The molecule has 5 nitrogen and oxygen atoms in total. The fourth-order valence-electron chi connectivity index (χ4n) is 4.56. The predicted octanol–water partition coefficient (Wildman–Crippen LogP) is 4.06. The van der Waals surface area contributed by atoms with Gasteiger partial charge in [0, 0.05) is 29.9 Å². The number of carbonyl (C=O) groups is 2. The van der Waals surface area contributed by atoms with Crippen LogP contribution in [0.2, 0.25) is 0 Å². The third-order valence-electron chi connectivity index (χ3n) is 6.31. The van der Waals surface area contributed by atoms with E-state index in [1.54, 1.807) is 11.3 Å². The highest BCUT2D eigenvalue weighted by Crippen LogP contribution is 2.34. The van der Waals surface area contributed by atoms with Gasteiger partial charge in [-0.2, -0.15) is 0 Å². The number of hydrogen-bond acceptors (Lipinski definition) is 4. The Morgan fingerprint density at radius 1 is 1.10 bits per heavy atom. The Labute approximate surface area is 183 Å². The Morgan fingerprint density at radius 2 is 1.90 bits per heavy atom. The molecule has 2 saturated heterocycles. The van der Waals surface area contributed by atoms with E-state index in [1.165, 1.54) is 22.9 Å². The van der Waals surface area contributed by atoms with Crippen LogP contribution in [0.4, 0.5) is 0 Å². The lowest BCUT2D eigenvalue weighted by Crippen LogP contribution is -2.49. The fraction of sp³-hybridized carbons (Fsp3) is 0.583. The third kappa shape index (κ3) is 4.70. The van der Waals surface area contributed by atoms with Crippen molar-refractivity contribution in [2.75, 3.05) is 26.2 Å². The van der Waals surface area contributed by atoms with Gasteiger partial charge in [0.05, 0.1) is 11.4 Å². The minimum Gasteiger partial charge on any atom is -0.349 e. The first kappa shape index (κ1) is 21.3. The summed E-state index contributed by atoms with van der Waals surface area (Å²) in [4.78, 5) is 30.9. The van der Waals surface area contributed by atoms with Crippen molar-refractivity contribution in [3.63, 3.8) is 0 Å². The summed E-state index contributed by atoms with van der Waals surface area (Å²) < 4.78 is 1.17. The number of thiophene rings is 1. The van der Waals surface area contributed by atoms with E-state index in [1.807, 2.05) is 24.8 Å². The number of likely N-dealkylation sites (tertiary alicyclic amines) is 2.